The van der Waals surface area contributed by atoms with Crippen LogP contribution >= 0.6 is 11.6 Å². The first-order chi connectivity index (χ1) is 7.00. The highest BCUT2D eigenvalue weighted by Gasteiger charge is 2.04. The molecule has 3 nitrogen and oxygen atoms in total. The summed E-state index contributed by atoms with van der Waals surface area (Å²) in [7, 11) is 3.40. The van der Waals surface area contributed by atoms with Crippen molar-refractivity contribution in [3.8, 4) is 0 Å². The first kappa shape index (κ1) is 11.9. The van der Waals surface area contributed by atoms with Crippen molar-refractivity contribution in [1.82, 2.24) is 4.90 Å². The molecule has 0 aromatic heterocycles. The van der Waals surface area contributed by atoms with E-state index < -0.39 is 0 Å². The summed E-state index contributed by atoms with van der Waals surface area (Å²) < 4.78 is 0. The van der Waals surface area contributed by atoms with E-state index in [4.69, 9.17) is 11.6 Å². The highest BCUT2D eigenvalue weighted by Crippen LogP contribution is 2.20. The monoisotopic (exact) mass is 226 g/mol. The molecule has 0 spiro atoms. The minimum Gasteiger partial charge on any atom is -0.331 e. The van der Waals surface area contributed by atoms with Crippen LogP contribution < -0.4 is 5.32 Å². The van der Waals surface area contributed by atoms with Gasteiger partial charge in [-0.25, -0.2) is 4.79 Å². The zero-order valence-electron chi connectivity index (χ0n) is 9.12. The molecule has 0 fully saturated rings. The van der Waals surface area contributed by atoms with E-state index in [1.807, 2.05) is 31.2 Å². The van der Waals surface area contributed by atoms with Crippen LogP contribution in [-0.4, -0.2) is 25.0 Å². The van der Waals surface area contributed by atoms with Gasteiger partial charge in [0, 0.05) is 19.8 Å². The van der Waals surface area contributed by atoms with E-state index in [-0.39, 0.29) is 11.4 Å². The van der Waals surface area contributed by atoms with E-state index >= 15 is 0 Å². The summed E-state index contributed by atoms with van der Waals surface area (Å²) in [5.74, 6) is 0. The number of anilines is 1. The Morgan fingerprint density at radius 1 is 1.33 bits per heavy atom. The average molecular weight is 227 g/mol. The fourth-order valence-corrected chi connectivity index (χ4v) is 1.21. The number of amides is 2. The molecule has 1 aromatic rings. The van der Waals surface area contributed by atoms with Crippen LogP contribution in [0, 0.1) is 0 Å². The number of hydrogen-bond donors (Lipinski definition) is 1. The van der Waals surface area contributed by atoms with E-state index in [0.29, 0.717) is 0 Å². The zero-order chi connectivity index (χ0) is 11.4. The number of urea groups is 1. The molecule has 0 aliphatic carbocycles. The number of hydrogen-bond acceptors (Lipinski definition) is 1. The molecule has 1 rings (SSSR count). The third kappa shape index (κ3) is 3.44. The molecular weight excluding hydrogens is 212 g/mol. The Morgan fingerprint density at radius 2 is 1.87 bits per heavy atom. The van der Waals surface area contributed by atoms with E-state index in [1.54, 1.807) is 14.1 Å². The Bertz CT molecular complexity index is 333. The van der Waals surface area contributed by atoms with Crippen molar-refractivity contribution in [1.29, 1.82) is 0 Å². The van der Waals surface area contributed by atoms with Gasteiger partial charge in [-0.05, 0) is 24.6 Å². The molecule has 0 saturated carbocycles. The summed E-state index contributed by atoms with van der Waals surface area (Å²) in [6.45, 7) is 1.91. The van der Waals surface area contributed by atoms with Crippen molar-refractivity contribution >= 4 is 23.3 Å². The maximum atomic E-state index is 11.3. The predicted molar refractivity (Wildman–Crippen MR) is 63.4 cm³/mol. The van der Waals surface area contributed by atoms with Crippen LogP contribution in [0.3, 0.4) is 0 Å². The Labute approximate surface area is 95.0 Å². The highest BCUT2D eigenvalue weighted by atomic mass is 35.5. The number of halogens is 1. The lowest BCUT2D eigenvalue weighted by molar-refractivity contribution is 0.230. The molecule has 0 heterocycles. The normalized spacial score (nSPS) is 12.0. The quantitative estimate of drug-likeness (QED) is 0.773. The van der Waals surface area contributed by atoms with Crippen LogP contribution in [-0.2, 0) is 0 Å². The van der Waals surface area contributed by atoms with E-state index in [0.717, 1.165) is 11.3 Å². The third-order valence-corrected chi connectivity index (χ3v) is 2.28. The molecule has 0 aliphatic heterocycles. The molecule has 1 N–H and O–H groups in total. The summed E-state index contributed by atoms with van der Waals surface area (Å²) in [5, 5.41) is 2.74. The second-order valence-corrected chi connectivity index (χ2v) is 4.22. The minimum atomic E-state index is -0.137. The van der Waals surface area contributed by atoms with Crippen molar-refractivity contribution in [2.24, 2.45) is 0 Å². The van der Waals surface area contributed by atoms with Crippen LogP contribution in [0.2, 0.25) is 0 Å². The van der Waals surface area contributed by atoms with Crippen molar-refractivity contribution in [3.63, 3.8) is 0 Å². The summed E-state index contributed by atoms with van der Waals surface area (Å²) >= 11 is 5.92. The summed E-state index contributed by atoms with van der Waals surface area (Å²) in [6.07, 6.45) is 0. The molecule has 0 radical (unpaired) electrons. The number of rotatable bonds is 2. The molecule has 1 atom stereocenters. The fourth-order valence-electron chi connectivity index (χ4n) is 1.07. The van der Waals surface area contributed by atoms with Gasteiger partial charge in [-0.3, -0.25) is 0 Å². The Hall–Kier alpha value is -1.22. The molecule has 0 bridgehead atoms. The summed E-state index contributed by atoms with van der Waals surface area (Å²) in [6, 6.07) is 7.36. The van der Waals surface area contributed by atoms with Gasteiger partial charge in [-0.15, -0.1) is 11.6 Å². The van der Waals surface area contributed by atoms with Crippen LogP contribution in [0.4, 0.5) is 10.5 Å². The third-order valence-electron chi connectivity index (χ3n) is 2.03. The van der Waals surface area contributed by atoms with Gasteiger partial charge in [0.15, 0.2) is 0 Å². The van der Waals surface area contributed by atoms with Crippen molar-refractivity contribution in [2.45, 2.75) is 12.3 Å². The maximum absolute atomic E-state index is 11.3. The standard InChI is InChI=1S/C11H15ClN2O/c1-8(12)9-4-6-10(7-5-9)13-11(15)14(2)3/h4-8H,1-3H3,(H,13,15). The maximum Gasteiger partial charge on any atom is 0.321 e. The van der Waals surface area contributed by atoms with E-state index in [2.05, 4.69) is 5.32 Å². The lowest BCUT2D eigenvalue weighted by Crippen LogP contribution is -2.27. The molecular formula is C11H15ClN2O. The van der Waals surface area contributed by atoms with Crippen LogP contribution in [0.15, 0.2) is 24.3 Å². The summed E-state index contributed by atoms with van der Waals surface area (Å²) in [5.41, 5.74) is 1.81. The van der Waals surface area contributed by atoms with Crippen LogP contribution in [0.25, 0.3) is 0 Å². The fraction of sp³-hybridized carbons (Fsp3) is 0.364. The summed E-state index contributed by atoms with van der Waals surface area (Å²) in [4.78, 5) is 12.8. The van der Waals surface area contributed by atoms with Crippen molar-refractivity contribution in [2.75, 3.05) is 19.4 Å². The Kier molecular flexibility index (Phi) is 3.97. The first-order valence-corrected chi connectivity index (χ1v) is 5.16. The number of benzene rings is 1. The van der Waals surface area contributed by atoms with Crippen molar-refractivity contribution < 1.29 is 4.79 Å². The van der Waals surface area contributed by atoms with Gasteiger partial charge in [0.25, 0.3) is 0 Å². The molecule has 4 heteroatoms. The van der Waals surface area contributed by atoms with Gasteiger partial charge < -0.3 is 10.2 Å². The SMILES string of the molecule is CC(Cl)c1ccc(NC(=O)N(C)C)cc1. The number of alkyl halides is 1. The molecule has 1 unspecified atom stereocenters. The number of carbonyl (C=O) groups excluding carboxylic acids is 1. The highest BCUT2D eigenvalue weighted by molar-refractivity contribution is 6.20. The lowest BCUT2D eigenvalue weighted by atomic mass is 10.1. The zero-order valence-corrected chi connectivity index (χ0v) is 9.88. The molecule has 0 aliphatic rings. The lowest BCUT2D eigenvalue weighted by Gasteiger charge is -2.12. The van der Waals surface area contributed by atoms with Crippen molar-refractivity contribution in [3.05, 3.63) is 29.8 Å². The molecule has 15 heavy (non-hydrogen) atoms. The van der Waals surface area contributed by atoms with Gasteiger partial charge in [-0.2, -0.15) is 0 Å². The molecule has 82 valence electrons. The smallest absolute Gasteiger partial charge is 0.321 e. The van der Waals surface area contributed by atoms with Crippen LogP contribution in [0.1, 0.15) is 17.9 Å². The molecule has 2 amide bonds. The Morgan fingerprint density at radius 3 is 2.27 bits per heavy atom. The van der Waals surface area contributed by atoms with Gasteiger partial charge >= 0.3 is 6.03 Å². The largest absolute Gasteiger partial charge is 0.331 e. The number of carbonyl (C=O) groups is 1. The number of nitrogens with one attached hydrogen (secondary N) is 1. The predicted octanol–water partition coefficient (Wildman–Crippen LogP) is 3.08. The van der Waals surface area contributed by atoms with Crippen LogP contribution in [0.5, 0.6) is 0 Å². The molecule has 1 aromatic carbocycles. The Balaban J connectivity index is 2.69. The van der Waals surface area contributed by atoms with Gasteiger partial charge in [-0.1, -0.05) is 12.1 Å². The first-order valence-electron chi connectivity index (χ1n) is 4.73. The average Bonchev–Trinajstić information content (AvgIpc) is 2.18. The minimum absolute atomic E-state index is 0.0106. The van der Waals surface area contributed by atoms with E-state index in [1.165, 1.54) is 4.90 Å². The van der Waals surface area contributed by atoms with E-state index in [9.17, 15) is 4.79 Å². The van der Waals surface area contributed by atoms with Gasteiger partial charge in [0.05, 0.1) is 5.38 Å². The van der Waals surface area contributed by atoms with Gasteiger partial charge in [0.2, 0.25) is 0 Å². The second-order valence-electron chi connectivity index (χ2n) is 3.56. The topological polar surface area (TPSA) is 32.3 Å². The van der Waals surface area contributed by atoms with Gasteiger partial charge in [0.1, 0.15) is 0 Å². The molecule has 0 saturated heterocycles. The second kappa shape index (κ2) is 5.03. The number of nitrogens with zero attached hydrogens (tertiary/aromatic N) is 1.